The van der Waals surface area contributed by atoms with E-state index < -0.39 is 5.41 Å². The number of ketones is 1. The molecule has 1 heterocycles. The summed E-state index contributed by atoms with van der Waals surface area (Å²) in [6.45, 7) is 11.4. The fraction of sp³-hybridized carbons (Fsp3) is 0.467. The summed E-state index contributed by atoms with van der Waals surface area (Å²) in [7, 11) is 0. The largest absolute Gasteiger partial charge is 0.462 e. The molecule has 0 saturated heterocycles. The number of fused-ring (bicyclic) bond motifs is 1. The molecule has 0 aromatic heterocycles. The molecule has 3 rings (SSSR count). The first-order valence-electron chi connectivity index (χ1n) is 12.6. The average Bonchev–Trinajstić information content (AvgIpc) is 3.24. The maximum absolute atomic E-state index is 13.3. The third-order valence-electron chi connectivity index (χ3n) is 6.54. The first kappa shape index (κ1) is 25.7. The molecule has 0 fully saturated rings. The van der Waals surface area contributed by atoms with E-state index in [9.17, 15) is 9.59 Å². The summed E-state index contributed by atoms with van der Waals surface area (Å²) in [5, 5.41) is 0. The van der Waals surface area contributed by atoms with E-state index in [1.165, 1.54) is 6.42 Å². The van der Waals surface area contributed by atoms with Gasteiger partial charge in [-0.2, -0.15) is 0 Å². The summed E-state index contributed by atoms with van der Waals surface area (Å²) < 4.78 is 5.65. The summed E-state index contributed by atoms with van der Waals surface area (Å²) in [4.78, 5) is 28.1. The quantitative estimate of drug-likeness (QED) is 0.280. The number of hydrogen-bond donors (Lipinski definition) is 0. The van der Waals surface area contributed by atoms with Gasteiger partial charge in [0.1, 0.15) is 0 Å². The highest BCUT2D eigenvalue weighted by atomic mass is 16.5. The zero-order valence-corrected chi connectivity index (χ0v) is 21.4. The van der Waals surface area contributed by atoms with Crippen molar-refractivity contribution in [2.75, 3.05) is 18.1 Å². The topological polar surface area (TPSA) is 46.6 Å². The summed E-state index contributed by atoms with van der Waals surface area (Å²) >= 11 is 0. The first-order valence-corrected chi connectivity index (χ1v) is 12.6. The molecule has 0 radical (unpaired) electrons. The summed E-state index contributed by atoms with van der Waals surface area (Å²) in [5.41, 5.74) is 3.90. The van der Waals surface area contributed by atoms with E-state index in [0.717, 1.165) is 49.0 Å². The van der Waals surface area contributed by atoms with Crippen LogP contribution < -0.4 is 4.90 Å². The molecule has 0 aliphatic carbocycles. The Labute approximate surface area is 205 Å². The number of carbonyl (C=O) groups is 2. The van der Waals surface area contributed by atoms with E-state index in [0.29, 0.717) is 23.7 Å². The number of carbonyl (C=O) groups excluding carboxylic acids is 2. The summed E-state index contributed by atoms with van der Waals surface area (Å²) in [6, 6.07) is 15.6. The Kier molecular flexibility index (Phi) is 8.71. The van der Waals surface area contributed by atoms with Gasteiger partial charge >= 0.3 is 5.97 Å². The van der Waals surface area contributed by atoms with Gasteiger partial charge in [0.25, 0.3) is 0 Å². The second-order valence-corrected chi connectivity index (χ2v) is 10.3. The Balaban J connectivity index is 1.79. The average molecular weight is 462 g/mol. The molecule has 1 aliphatic rings. The van der Waals surface area contributed by atoms with Crippen LogP contribution in [-0.2, 0) is 16.0 Å². The monoisotopic (exact) mass is 461 g/mol. The van der Waals surface area contributed by atoms with Crippen LogP contribution in [-0.4, -0.2) is 24.9 Å². The number of benzene rings is 2. The molecule has 4 nitrogen and oxygen atoms in total. The number of Topliss-reactive ketones (excluding diaryl/α,β-unsaturated/α-hetero) is 1. The van der Waals surface area contributed by atoms with Gasteiger partial charge in [-0.05, 0) is 48.1 Å². The van der Waals surface area contributed by atoms with Crippen molar-refractivity contribution >= 4 is 23.0 Å². The lowest BCUT2D eigenvalue weighted by Gasteiger charge is -2.22. The van der Waals surface area contributed by atoms with Gasteiger partial charge in [-0.1, -0.05) is 84.2 Å². The second kappa shape index (κ2) is 11.5. The molecule has 0 bridgehead atoms. The highest BCUT2D eigenvalue weighted by Gasteiger charge is 2.28. The zero-order valence-electron chi connectivity index (χ0n) is 21.4. The van der Waals surface area contributed by atoms with Crippen molar-refractivity contribution in [1.29, 1.82) is 0 Å². The Hall–Kier alpha value is -2.88. The lowest BCUT2D eigenvalue weighted by Crippen LogP contribution is -2.24. The van der Waals surface area contributed by atoms with Crippen LogP contribution in [0.4, 0.5) is 5.69 Å². The predicted molar refractivity (Wildman–Crippen MR) is 140 cm³/mol. The number of anilines is 1. The molecule has 182 valence electrons. The van der Waals surface area contributed by atoms with E-state index in [1.54, 1.807) is 0 Å². The van der Waals surface area contributed by atoms with Crippen molar-refractivity contribution in [1.82, 2.24) is 0 Å². The molecule has 0 N–H and O–H groups in total. The number of allylic oxidation sites excluding steroid dienone is 1. The second-order valence-electron chi connectivity index (χ2n) is 10.3. The normalized spacial score (nSPS) is 14.6. The maximum Gasteiger partial charge on any atom is 0.338 e. The van der Waals surface area contributed by atoms with Gasteiger partial charge in [-0.25, -0.2) is 4.79 Å². The van der Waals surface area contributed by atoms with Gasteiger partial charge < -0.3 is 9.64 Å². The van der Waals surface area contributed by atoms with Crippen molar-refractivity contribution in [3.8, 4) is 0 Å². The fourth-order valence-electron chi connectivity index (χ4n) is 4.31. The molecule has 0 spiro atoms. The van der Waals surface area contributed by atoms with Gasteiger partial charge in [-0.15, -0.1) is 0 Å². The lowest BCUT2D eigenvalue weighted by molar-refractivity contribution is -0.120. The van der Waals surface area contributed by atoms with Crippen LogP contribution in [0.2, 0.25) is 0 Å². The van der Waals surface area contributed by atoms with Gasteiger partial charge in [0, 0.05) is 29.4 Å². The van der Waals surface area contributed by atoms with Gasteiger partial charge in [-0.3, -0.25) is 4.79 Å². The van der Waals surface area contributed by atoms with Crippen LogP contribution in [0.5, 0.6) is 0 Å². The van der Waals surface area contributed by atoms with E-state index in [1.807, 2.05) is 75.5 Å². The number of rotatable bonds is 10. The van der Waals surface area contributed by atoms with Crippen molar-refractivity contribution in [2.24, 2.45) is 11.3 Å². The molecule has 1 aliphatic heterocycles. The fourth-order valence-corrected chi connectivity index (χ4v) is 4.31. The Bertz CT molecular complexity index is 1020. The molecular weight excluding hydrogens is 422 g/mol. The molecule has 0 amide bonds. The third-order valence-corrected chi connectivity index (χ3v) is 6.54. The van der Waals surface area contributed by atoms with Crippen molar-refractivity contribution in [3.05, 3.63) is 71.4 Å². The highest BCUT2D eigenvalue weighted by Crippen LogP contribution is 2.33. The van der Waals surface area contributed by atoms with E-state index >= 15 is 0 Å². The molecule has 34 heavy (non-hydrogen) atoms. The van der Waals surface area contributed by atoms with Crippen LogP contribution in [0.15, 0.2) is 54.7 Å². The summed E-state index contributed by atoms with van der Waals surface area (Å²) in [5.74, 6) is 0.288. The van der Waals surface area contributed by atoms with Crippen LogP contribution in [0.3, 0.4) is 0 Å². The molecule has 4 heteroatoms. The van der Waals surface area contributed by atoms with Crippen molar-refractivity contribution in [3.63, 3.8) is 0 Å². The zero-order chi connectivity index (χ0) is 24.7. The van der Waals surface area contributed by atoms with Crippen molar-refractivity contribution < 1.29 is 14.3 Å². The van der Waals surface area contributed by atoms with Gasteiger partial charge in [0.2, 0.25) is 0 Å². The third kappa shape index (κ3) is 6.37. The summed E-state index contributed by atoms with van der Waals surface area (Å²) in [6.07, 6.45) is 7.26. The first-order chi connectivity index (χ1) is 16.2. The number of hydrogen-bond acceptors (Lipinski definition) is 4. The van der Waals surface area contributed by atoms with E-state index in [2.05, 4.69) is 18.7 Å². The van der Waals surface area contributed by atoms with Gasteiger partial charge in [0.15, 0.2) is 5.78 Å². The maximum atomic E-state index is 13.3. The molecule has 0 saturated carbocycles. The minimum atomic E-state index is -0.481. The molecular formula is C30H39NO3. The van der Waals surface area contributed by atoms with Crippen LogP contribution in [0.1, 0.15) is 81.8 Å². The Morgan fingerprint density at radius 2 is 1.79 bits per heavy atom. The van der Waals surface area contributed by atoms with Crippen LogP contribution >= 0.6 is 0 Å². The molecule has 2 aromatic rings. The number of ether oxygens (including phenoxy) is 1. The number of esters is 1. The van der Waals surface area contributed by atoms with Crippen molar-refractivity contribution in [2.45, 2.75) is 66.7 Å². The van der Waals surface area contributed by atoms with Crippen LogP contribution in [0.25, 0.3) is 5.57 Å². The Morgan fingerprint density at radius 3 is 2.44 bits per heavy atom. The van der Waals surface area contributed by atoms with Crippen LogP contribution in [0, 0.1) is 11.3 Å². The smallest absolute Gasteiger partial charge is 0.338 e. The molecule has 2 aromatic carbocycles. The van der Waals surface area contributed by atoms with E-state index in [4.69, 9.17) is 4.74 Å². The SMILES string of the molecule is CCCCC(CC)COC(=O)c1ccc2c(c1)CCN2/C=C(/C(=O)C(C)(C)C)c1ccccc1. The number of unbranched alkanes of at least 4 members (excludes halogenated alkanes) is 1. The number of nitrogens with zero attached hydrogens (tertiary/aromatic N) is 1. The standard InChI is InChI=1S/C30H39NO3/c1-6-8-12-22(7-2)21-34-29(33)25-15-16-27-24(19-25)17-18-31(27)20-26(28(32)30(3,4)5)23-13-10-9-11-14-23/h9-11,13-16,19-20,22H,6-8,12,17-18,21H2,1-5H3/b26-20+. The van der Waals surface area contributed by atoms with Gasteiger partial charge in [0.05, 0.1) is 12.2 Å². The Morgan fingerprint density at radius 1 is 1.06 bits per heavy atom. The minimum Gasteiger partial charge on any atom is -0.462 e. The predicted octanol–water partition coefficient (Wildman–Crippen LogP) is 7.08. The van der Waals surface area contributed by atoms with E-state index in [-0.39, 0.29) is 11.8 Å². The highest BCUT2D eigenvalue weighted by molar-refractivity contribution is 6.23. The lowest BCUT2D eigenvalue weighted by atomic mass is 9.84. The minimum absolute atomic E-state index is 0.112. The molecule has 1 atom stereocenters. The molecule has 1 unspecified atom stereocenters.